The largest absolute Gasteiger partial charge is 0.378 e. The number of nitrogens with one attached hydrogen (secondary N) is 1. The molecule has 4 rings (SSSR count). The van der Waals surface area contributed by atoms with E-state index < -0.39 is 0 Å². The minimum atomic E-state index is -0.314. The molecule has 0 spiro atoms. The Morgan fingerprint density at radius 3 is 2.41 bits per heavy atom. The normalized spacial score (nSPS) is 10.8. The predicted molar refractivity (Wildman–Crippen MR) is 114 cm³/mol. The standard InChI is InChI=1S/C22H20ClN5O/c23-21-20(14-26-28(22(21)29)15-17-7-2-1-3-8-17)24-13-18-9-4-5-10-19(18)16-27-12-6-11-25-27/h1-12,14,24H,13,15-16H2. The average molecular weight is 406 g/mol. The third kappa shape index (κ3) is 4.55. The first-order valence-electron chi connectivity index (χ1n) is 9.28. The van der Waals surface area contributed by atoms with Gasteiger partial charge in [0, 0.05) is 18.9 Å². The number of aromatic nitrogens is 4. The summed E-state index contributed by atoms with van der Waals surface area (Å²) >= 11 is 6.34. The lowest BCUT2D eigenvalue weighted by Crippen LogP contribution is -2.24. The Morgan fingerprint density at radius 1 is 0.897 bits per heavy atom. The summed E-state index contributed by atoms with van der Waals surface area (Å²) in [4.78, 5) is 12.6. The summed E-state index contributed by atoms with van der Waals surface area (Å²) in [6.45, 7) is 1.59. The van der Waals surface area contributed by atoms with Crippen LogP contribution < -0.4 is 10.9 Å². The van der Waals surface area contributed by atoms with Crippen LogP contribution in [0.5, 0.6) is 0 Å². The third-order valence-corrected chi connectivity index (χ3v) is 5.00. The van der Waals surface area contributed by atoms with E-state index in [2.05, 4.69) is 21.6 Å². The molecule has 0 radical (unpaired) electrons. The van der Waals surface area contributed by atoms with Crippen LogP contribution in [0.4, 0.5) is 5.69 Å². The highest BCUT2D eigenvalue weighted by Gasteiger charge is 2.11. The molecule has 1 N–H and O–H groups in total. The molecule has 7 heteroatoms. The SMILES string of the molecule is O=c1c(Cl)c(NCc2ccccc2Cn2cccn2)cnn1Cc1ccccc1. The summed E-state index contributed by atoms with van der Waals surface area (Å²) in [5.74, 6) is 0. The molecule has 146 valence electrons. The maximum absolute atomic E-state index is 12.6. The number of nitrogens with zero attached hydrogens (tertiary/aromatic N) is 4. The first kappa shape index (κ1) is 19.0. The Hall–Kier alpha value is -3.38. The van der Waals surface area contributed by atoms with E-state index in [0.29, 0.717) is 25.3 Å². The van der Waals surface area contributed by atoms with Crippen LogP contribution in [0.3, 0.4) is 0 Å². The van der Waals surface area contributed by atoms with Crippen LogP contribution in [0.1, 0.15) is 16.7 Å². The van der Waals surface area contributed by atoms with Gasteiger partial charge in [-0.25, -0.2) is 4.68 Å². The number of benzene rings is 2. The fourth-order valence-electron chi connectivity index (χ4n) is 3.10. The van der Waals surface area contributed by atoms with E-state index in [0.717, 1.165) is 16.7 Å². The minimum absolute atomic E-state index is 0.139. The molecule has 2 aromatic carbocycles. The van der Waals surface area contributed by atoms with Gasteiger partial charge in [0.15, 0.2) is 0 Å². The van der Waals surface area contributed by atoms with Crippen molar-refractivity contribution in [3.8, 4) is 0 Å². The topological polar surface area (TPSA) is 64.7 Å². The summed E-state index contributed by atoms with van der Waals surface area (Å²) in [5, 5.41) is 11.9. The Morgan fingerprint density at radius 2 is 1.66 bits per heavy atom. The van der Waals surface area contributed by atoms with Gasteiger partial charge in [0.05, 0.1) is 25.0 Å². The molecular weight excluding hydrogens is 386 g/mol. The molecule has 0 bridgehead atoms. The highest BCUT2D eigenvalue weighted by atomic mass is 35.5. The second kappa shape index (κ2) is 8.75. The van der Waals surface area contributed by atoms with Crippen LogP contribution in [0.25, 0.3) is 0 Å². The fourth-order valence-corrected chi connectivity index (χ4v) is 3.31. The molecule has 0 unspecified atom stereocenters. The smallest absolute Gasteiger partial charge is 0.287 e. The zero-order valence-corrected chi connectivity index (χ0v) is 16.5. The molecule has 0 aliphatic rings. The van der Waals surface area contributed by atoms with Crippen molar-refractivity contribution >= 4 is 17.3 Å². The molecule has 0 amide bonds. The van der Waals surface area contributed by atoms with Gasteiger partial charge in [-0.05, 0) is 22.8 Å². The first-order valence-corrected chi connectivity index (χ1v) is 9.66. The van der Waals surface area contributed by atoms with E-state index in [1.807, 2.05) is 65.5 Å². The van der Waals surface area contributed by atoms with Crippen molar-refractivity contribution in [2.45, 2.75) is 19.6 Å². The van der Waals surface area contributed by atoms with Gasteiger partial charge in [-0.3, -0.25) is 9.48 Å². The number of halogens is 1. The van der Waals surface area contributed by atoms with E-state index in [1.165, 1.54) is 4.68 Å². The van der Waals surface area contributed by atoms with Gasteiger partial charge < -0.3 is 5.32 Å². The maximum atomic E-state index is 12.6. The van der Waals surface area contributed by atoms with Gasteiger partial charge in [0.25, 0.3) is 5.56 Å². The second-order valence-corrected chi connectivity index (χ2v) is 7.02. The quantitative estimate of drug-likeness (QED) is 0.508. The van der Waals surface area contributed by atoms with Crippen LogP contribution >= 0.6 is 11.6 Å². The first-order chi connectivity index (χ1) is 14.2. The monoisotopic (exact) mass is 405 g/mol. The Labute approximate surface area is 173 Å². The number of hydrogen-bond donors (Lipinski definition) is 1. The Bertz CT molecular complexity index is 1140. The second-order valence-electron chi connectivity index (χ2n) is 6.65. The molecule has 0 saturated carbocycles. The lowest BCUT2D eigenvalue weighted by atomic mass is 10.1. The highest BCUT2D eigenvalue weighted by Crippen LogP contribution is 2.18. The van der Waals surface area contributed by atoms with Crippen molar-refractivity contribution in [2.24, 2.45) is 0 Å². The fraction of sp³-hybridized carbons (Fsp3) is 0.136. The van der Waals surface area contributed by atoms with Crippen molar-refractivity contribution in [1.82, 2.24) is 19.6 Å². The zero-order valence-electron chi connectivity index (χ0n) is 15.7. The van der Waals surface area contributed by atoms with E-state index in [-0.39, 0.29) is 10.6 Å². The number of hydrogen-bond acceptors (Lipinski definition) is 4. The van der Waals surface area contributed by atoms with Crippen LogP contribution in [0.2, 0.25) is 5.02 Å². The molecule has 0 aliphatic heterocycles. The predicted octanol–water partition coefficient (Wildman–Crippen LogP) is 3.80. The molecule has 0 atom stereocenters. The van der Waals surface area contributed by atoms with Gasteiger partial charge in [-0.2, -0.15) is 10.2 Å². The van der Waals surface area contributed by atoms with Crippen LogP contribution in [0.15, 0.2) is 84.0 Å². The Balaban J connectivity index is 1.49. The van der Waals surface area contributed by atoms with Gasteiger partial charge >= 0.3 is 0 Å². The molecule has 0 aliphatic carbocycles. The Kier molecular flexibility index (Phi) is 5.72. The highest BCUT2D eigenvalue weighted by molar-refractivity contribution is 6.32. The molecule has 2 heterocycles. The third-order valence-electron chi connectivity index (χ3n) is 4.64. The van der Waals surface area contributed by atoms with Gasteiger partial charge in [0.2, 0.25) is 0 Å². The molecule has 4 aromatic rings. The lowest BCUT2D eigenvalue weighted by Gasteiger charge is -2.13. The van der Waals surface area contributed by atoms with Crippen molar-refractivity contribution in [3.63, 3.8) is 0 Å². The zero-order chi connectivity index (χ0) is 20.1. The summed E-state index contributed by atoms with van der Waals surface area (Å²) in [6, 6.07) is 19.7. The summed E-state index contributed by atoms with van der Waals surface area (Å²) in [5.41, 5.74) is 3.45. The number of rotatable bonds is 7. The molecule has 2 aromatic heterocycles. The maximum Gasteiger partial charge on any atom is 0.287 e. The van der Waals surface area contributed by atoms with E-state index >= 15 is 0 Å². The van der Waals surface area contributed by atoms with E-state index in [4.69, 9.17) is 11.6 Å². The molecule has 6 nitrogen and oxygen atoms in total. The van der Waals surface area contributed by atoms with E-state index in [1.54, 1.807) is 12.4 Å². The molecule has 29 heavy (non-hydrogen) atoms. The van der Waals surface area contributed by atoms with Crippen molar-refractivity contribution in [1.29, 1.82) is 0 Å². The average Bonchev–Trinajstić information content (AvgIpc) is 3.26. The summed E-state index contributed by atoms with van der Waals surface area (Å²) in [6.07, 6.45) is 5.29. The minimum Gasteiger partial charge on any atom is -0.378 e. The van der Waals surface area contributed by atoms with Gasteiger partial charge in [-0.15, -0.1) is 0 Å². The van der Waals surface area contributed by atoms with Crippen molar-refractivity contribution in [3.05, 3.63) is 111 Å². The molecule has 0 fully saturated rings. The molecular formula is C22H20ClN5O. The summed E-state index contributed by atoms with van der Waals surface area (Å²) in [7, 11) is 0. The van der Waals surface area contributed by atoms with Crippen molar-refractivity contribution < 1.29 is 0 Å². The van der Waals surface area contributed by atoms with Crippen LogP contribution in [0, 0.1) is 0 Å². The summed E-state index contributed by atoms with van der Waals surface area (Å²) < 4.78 is 3.24. The molecule has 0 saturated heterocycles. The number of anilines is 1. The lowest BCUT2D eigenvalue weighted by molar-refractivity contribution is 0.639. The van der Waals surface area contributed by atoms with E-state index in [9.17, 15) is 4.79 Å². The van der Waals surface area contributed by atoms with Crippen LogP contribution in [-0.2, 0) is 19.6 Å². The van der Waals surface area contributed by atoms with Gasteiger partial charge in [0.1, 0.15) is 5.02 Å². The van der Waals surface area contributed by atoms with Gasteiger partial charge in [-0.1, -0.05) is 66.2 Å². The van der Waals surface area contributed by atoms with Crippen molar-refractivity contribution in [2.75, 3.05) is 5.32 Å². The van der Waals surface area contributed by atoms with Crippen LogP contribution in [-0.4, -0.2) is 19.6 Å².